The van der Waals surface area contributed by atoms with Crippen LogP contribution in [0.15, 0.2) is 29.2 Å². The lowest BCUT2D eigenvalue weighted by Crippen LogP contribution is -2.41. The molecule has 0 N–H and O–H groups in total. The molecule has 1 amide bonds. The zero-order valence-electron chi connectivity index (χ0n) is 13.9. The van der Waals surface area contributed by atoms with Gasteiger partial charge in [0.2, 0.25) is 5.91 Å². The van der Waals surface area contributed by atoms with Gasteiger partial charge in [0.25, 0.3) is 0 Å². The first-order chi connectivity index (χ1) is 11.0. The largest absolute Gasteiger partial charge is 0.465 e. The van der Waals surface area contributed by atoms with E-state index >= 15 is 0 Å². The van der Waals surface area contributed by atoms with Gasteiger partial charge >= 0.3 is 5.97 Å². The van der Waals surface area contributed by atoms with Crippen molar-refractivity contribution in [3.8, 4) is 0 Å². The van der Waals surface area contributed by atoms with E-state index in [1.165, 1.54) is 9.80 Å². The summed E-state index contributed by atoms with van der Waals surface area (Å²) in [6, 6.07) is 8.17. The van der Waals surface area contributed by atoms with E-state index in [2.05, 4.69) is 24.0 Å². The summed E-state index contributed by atoms with van der Waals surface area (Å²) in [5, 5.41) is 0.522. The van der Waals surface area contributed by atoms with Crippen molar-refractivity contribution in [1.29, 1.82) is 0 Å². The lowest BCUT2D eigenvalue weighted by atomic mass is 10.2. The Bertz CT molecular complexity index is 565. The first-order valence-corrected chi connectivity index (χ1v) is 8.79. The molecule has 1 aliphatic rings. The summed E-state index contributed by atoms with van der Waals surface area (Å²) in [7, 11) is 1.64. The predicted molar refractivity (Wildman–Crippen MR) is 92.9 cm³/mol. The third-order valence-corrected chi connectivity index (χ3v) is 5.00. The maximum atomic E-state index is 12.4. The van der Waals surface area contributed by atoms with E-state index in [1.807, 2.05) is 23.9 Å². The molecule has 0 spiro atoms. The number of likely N-dealkylation sites (N-methyl/N-ethyl adjacent to an activating group) is 1. The number of anilines is 1. The first-order valence-electron chi connectivity index (χ1n) is 7.91. The molecule has 0 aliphatic carbocycles. The molecule has 1 heterocycles. The van der Waals surface area contributed by atoms with Crippen molar-refractivity contribution in [3.63, 3.8) is 0 Å². The molecule has 0 aromatic heterocycles. The minimum absolute atomic E-state index is 0.00663. The number of ether oxygens (including phenoxy) is 1. The molecule has 1 aromatic carbocycles. The van der Waals surface area contributed by atoms with Gasteiger partial charge in [-0.1, -0.05) is 19.1 Å². The Labute approximate surface area is 142 Å². The number of fused-ring (bicyclic) bond motifs is 1. The minimum atomic E-state index is -0.371. The number of carbonyl (C=O) groups is 2. The fraction of sp³-hybridized carbons (Fsp3) is 0.529. The van der Waals surface area contributed by atoms with E-state index in [4.69, 9.17) is 4.74 Å². The molecule has 5 nitrogen and oxygen atoms in total. The molecule has 1 unspecified atom stereocenters. The number of hydrogen-bond donors (Lipinski definition) is 0. The number of hydrogen-bond acceptors (Lipinski definition) is 5. The lowest BCUT2D eigenvalue weighted by molar-refractivity contribution is -0.147. The molecular formula is C17H24N2O3S. The molecule has 0 saturated heterocycles. The van der Waals surface area contributed by atoms with E-state index in [0.29, 0.717) is 11.9 Å². The molecule has 126 valence electrons. The summed E-state index contributed by atoms with van der Waals surface area (Å²) in [6.45, 7) is 5.40. The second-order valence-electron chi connectivity index (χ2n) is 5.66. The summed E-state index contributed by atoms with van der Waals surface area (Å²) in [4.78, 5) is 28.7. The SMILES string of the molecule is CCOC(=O)CN(C)C(=O)CN1CCC(C)Sc2ccccc21. The van der Waals surface area contributed by atoms with Crippen LogP contribution in [-0.2, 0) is 14.3 Å². The second-order valence-corrected chi connectivity index (χ2v) is 7.14. The van der Waals surface area contributed by atoms with E-state index in [1.54, 1.807) is 14.0 Å². The molecule has 1 aromatic rings. The van der Waals surface area contributed by atoms with Gasteiger partial charge in [0.15, 0.2) is 0 Å². The van der Waals surface area contributed by atoms with Crippen LogP contribution in [0, 0.1) is 0 Å². The van der Waals surface area contributed by atoms with Gasteiger partial charge in [0, 0.05) is 23.7 Å². The predicted octanol–water partition coefficient (Wildman–Crippen LogP) is 2.40. The van der Waals surface area contributed by atoms with E-state index in [0.717, 1.165) is 18.7 Å². The average Bonchev–Trinajstić information content (AvgIpc) is 2.66. The van der Waals surface area contributed by atoms with Crippen LogP contribution in [0.4, 0.5) is 5.69 Å². The smallest absolute Gasteiger partial charge is 0.325 e. The molecule has 0 bridgehead atoms. The molecule has 1 atom stereocenters. The second kappa shape index (κ2) is 8.24. The molecule has 6 heteroatoms. The normalized spacial score (nSPS) is 17.2. The van der Waals surface area contributed by atoms with Crippen LogP contribution in [0.5, 0.6) is 0 Å². The summed E-state index contributed by atoms with van der Waals surface area (Å²) in [5.74, 6) is -0.448. The van der Waals surface area contributed by atoms with Gasteiger partial charge in [-0.25, -0.2) is 0 Å². The van der Waals surface area contributed by atoms with Crippen molar-refractivity contribution in [1.82, 2.24) is 4.90 Å². The van der Waals surface area contributed by atoms with Gasteiger partial charge in [-0.15, -0.1) is 11.8 Å². The fourth-order valence-corrected chi connectivity index (χ4v) is 3.62. The number of benzene rings is 1. The van der Waals surface area contributed by atoms with Gasteiger partial charge in [-0.2, -0.15) is 0 Å². The minimum Gasteiger partial charge on any atom is -0.465 e. The highest BCUT2D eigenvalue weighted by Gasteiger charge is 2.23. The molecular weight excluding hydrogens is 312 g/mol. The van der Waals surface area contributed by atoms with E-state index in [9.17, 15) is 9.59 Å². The third kappa shape index (κ3) is 4.89. The van der Waals surface area contributed by atoms with Crippen molar-refractivity contribution in [2.24, 2.45) is 0 Å². The van der Waals surface area contributed by atoms with Crippen molar-refractivity contribution < 1.29 is 14.3 Å². The van der Waals surface area contributed by atoms with Crippen molar-refractivity contribution in [2.45, 2.75) is 30.4 Å². The van der Waals surface area contributed by atoms with Crippen LogP contribution in [0.25, 0.3) is 0 Å². The Balaban J connectivity index is 2.04. The maximum absolute atomic E-state index is 12.4. The Morgan fingerprint density at radius 1 is 1.39 bits per heavy atom. The highest BCUT2D eigenvalue weighted by Crippen LogP contribution is 2.37. The number of esters is 1. The zero-order chi connectivity index (χ0) is 16.8. The molecule has 0 radical (unpaired) electrons. The van der Waals surface area contributed by atoms with Crippen LogP contribution in [0.2, 0.25) is 0 Å². The van der Waals surface area contributed by atoms with Crippen molar-refractivity contribution in [2.75, 3.05) is 38.2 Å². The number of thioether (sulfide) groups is 1. The Hall–Kier alpha value is -1.69. The van der Waals surface area contributed by atoms with Gasteiger partial charge in [-0.05, 0) is 25.5 Å². The molecule has 0 fully saturated rings. The highest BCUT2D eigenvalue weighted by atomic mass is 32.2. The zero-order valence-corrected chi connectivity index (χ0v) is 14.8. The molecule has 23 heavy (non-hydrogen) atoms. The summed E-state index contributed by atoms with van der Waals surface area (Å²) in [6.07, 6.45) is 1.02. The average molecular weight is 336 g/mol. The Morgan fingerprint density at radius 3 is 2.87 bits per heavy atom. The number of amides is 1. The van der Waals surface area contributed by atoms with Gasteiger partial charge in [0.1, 0.15) is 6.54 Å². The first kappa shape index (κ1) is 17.7. The van der Waals surface area contributed by atoms with Crippen LogP contribution in [0.1, 0.15) is 20.3 Å². The summed E-state index contributed by atoms with van der Waals surface area (Å²) >= 11 is 1.85. The monoisotopic (exact) mass is 336 g/mol. The Morgan fingerprint density at radius 2 is 2.13 bits per heavy atom. The number of carbonyl (C=O) groups excluding carboxylic acids is 2. The summed E-state index contributed by atoms with van der Waals surface area (Å²) in [5.41, 5.74) is 1.10. The van der Waals surface area contributed by atoms with Crippen LogP contribution < -0.4 is 4.90 Å². The van der Waals surface area contributed by atoms with Gasteiger partial charge in [-0.3, -0.25) is 9.59 Å². The molecule has 2 rings (SSSR count). The molecule has 0 saturated carbocycles. The lowest BCUT2D eigenvalue weighted by Gasteiger charge is -2.26. The highest BCUT2D eigenvalue weighted by molar-refractivity contribution is 8.00. The molecule has 1 aliphatic heterocycles. The van der Waals surface area contributed by atoms with Crippen molar-refractivity contribution >= 4 is 29.3 Å². The maximum Gasteiger partial charge on any atom is 0.325 e. The van der Waals surface area contributed by atoms with Crippen molar-refractivity contribution in [3.05, 3.63) is 24.3 Å². The standard InChI is InChI=1S/C17H24N2O3S/c1-4-22-17(21)12-18(3)16(20)11-19-10-9-13(2)23-15-8-6-5-7-14(15)19/h5-8,13H,4,9-12H2,1-3H3. The Kier molecular flexibility index (Phi) is 6.33. The van der Waals surface area contributed by atoms with E-state index in [-0.39, 0.29) is 25.0 Å². The van der Waals surface area contributed by atoms with Gasteiger partial charge < -0.3 is 14.5 Å². The quantitative estimate of drug-likeness (QED) is 0.773. The summed E-state index contributed by atoms with van der Waals surface area (Å²) < 4.78 is 4.89. The topological polar surface area (TPSA) is 49.9 Å². The number of nitrogens with zero attached hydrogens (tertiary/aromatic N) is 2. The van der Waals surface area contributed by atoms with Gasteiger partial charge in [0.05, 0.1) is 18.8 Å². The van der Waals surface area contributed by atoms with Crippen LogP contribution in [0.3, 0.4) is 0 Å². The van der Waals surface area contributed by atoms with Crippen LogP contribution >= 0.6 is 11.8 Å². The third-order valence-electron chi connectivity index (χ3n) is 3.76. The fourth-order valence-electron chi connectivity index (χ4n) is 2.49. The van der Waals surface area contributed by atoms with Crippen LogP contribution in [-0.4, -0.2) is 55.3 Å². The van der Waals surface area contributed by atoms with E-state index < -0.39 is 0 Å². The number of para-hydroxylation sites is 1. The number of rotatable bonds is 5.